The summed E-state index contributed by atoms with van der Waals surface area (Å²) in [5.74, 6) is -0.484. The molecule has 1 saturated heterocycles. The molecule has 0 radical (unpaired) electrons. The lowest BCUT2D eigenvalue weighted by molar-refractivity contribution is -0.126. The van der Waals surface area contributed by atoms with E-state index in [4.69, 9.17) is 11.6 Å². The number of thiophene rings is 1. The Balaban J connectivity index is 1.69. The number of rotatable bonds is 6. The highest BCUT2D eigenvalue weighted by Gasteiger charge is 2.27. The van der Waals surface area contributed by atoms with Crippen LogP contribution in [0, 0.1) is 0 Å². The molecule has 2 N–H and O–H groups in total. The van der Waals surface area contributed by atoms with Crippen LogP contribution < -0.4 is 10.6 Å². The maximum Gasteiger partial charge on any atom is 0.258 e. The number of nitrogens with zero attached hydrogens (tertiary/aromatic N) is 3. The molecule has 0 saturated carbocycles. The van der Waals surface area contributed by atoms with Crippen molar-refractivity contribution in [3.05, 3.63) is 65.5 Å². The summed E-state index contributed by atoms with van der Waals surface area (Å²) >= 11 is 7.80. The fourth-order valence-corrected chi connectivity index (χ4v) is 5.12. The van der Waals surface area contributed by atoms with Crippen LogP contribution in [-0.4, -0.2) is 45.3 Å². The first-order valence-electron chi connectivity index (χ1n) is 10.8. The number of likely N-dealkylation sites (tertiary alicyclic amines) is 1. The Morgan fingerprint density at radius 3 is 2.76 bits per heavy atom. The first-order chi connectivity index (χ1) is 16.4. The van der Waals surface area contributed by atoms with Gasteiger partial charge in [0.2, 0.25) is 17.8 Å². The number of anilines is 2. The van der Waals surface area contributed by atoms with Crippen molar-refractivity contribution in [1.29, 1.82) is 0 Å². The van der Waals surface area contributed by atoms with Gasteiger partial charge in [-0.25, -0.2) is 4.98 Å². The SMILES string of the molecule is C=CC(=O)Nc1cc(C(=O)Nc2nc3cccc(Cl)c3n2[C@@H]2CCCCN(C(=O)C=C)C2)cs1. The van der Waals surface area contributed by atoms with E-state index < -0.39 is 0 Å². The maximum atomic E-state index is 13.1. The number of para-hydroxylation sites is 1. The van der Waals surface area contributed by atoms with Crippen molar-refractivity contribution in [2.24, 2.45) is 0 Å². The molecule has 8 nitrogen and oxygen atoms in total. The summed E-state index contributed by atoms with van der Waals surface area (Å²) < 4.78 is 1.93. The molecule has 1 fully saturated rings. The van der Waals surface area contributed by atoms with Crippen LogP contribution in [0.15, 0.2) is 55.0 Å². The van der Waals surface area contributed by atoms with Crippen molar-refractivity contribution in [1.82, 2.24) is 14.5 Å². The van der Waals surface area contributed by atoms with Gasteiger partial charge < -0.3 is 14.8 Å². The molecule has 176 valence electrons. The van der Waals surface area contributed by atoms with E-state index in [0.717, 1.165) is 19.3 Å². The topological polar surface area (TPSA) is 96.3 Å². The van der Waals surface area contributed by atoms with Crippen molar-refractivity contribution in [2.45, 2.75) is 25.3 Å². The van der Waals surface area contributed by atoms with Crippen LogP contribution in [0.4, 0.5) is 10.9 Å². The standard InChI is InChI=1S/C24H24ClN5O3S/c1-3-19(31)27-20-12-15(14-34-20)23(33)28-24-26-18-10-7-9-17(25)22(18)30(24)16-8-5-6-11-29(13-16)21(32)4-2/h3-4,7,9-10,12,14,16H,1-2,5-6,8,11,13H2,(H,27,31)(H,26,28,33)/t16-/m1/s1. The summed E-state index contributed by atoms with van der Waals surface area (Å²) in [6, 6.07) is 6.89. The molecule has 1 aromatic carbocycles. The predicted molar refractivity (Wildman–Crippen MR) is 136 cm³/mol. The van der Waals surface area contributed by atoms with Crippen LogP contribution in [0.5, 0.6) is 0 Å². The van der Waals surface area contributed by atoms with E-state index in [-0.39, 0.29) is 23.8 Å². The van der Waals surface area contributed by atoms with E-state index in [1.807, 2.05) is 16.7 Å². The Hall–Kier alpha value is -3.43. The van der Waals surface area contributed by atoms with Crippen LogP contribution in [0.25, 0.3) is 11.0 Å². The minimum Gasteiger partial charge on any atom is -0.337 e. The number of amides is 3. The average Bonchev–Trinajstić information content (AvgIpc) is 3.36. The van der Waals surface area contributed by atoms with E-state index in [2.05, 4.69) is 28.8 Å². The number of imidazole rings is 1. The zero-order valence-electron chi connectivity index (χ0n) is 18.4. The number of hydrogen-bond acceptors (Lipinski definition) is 5. The van der Waals surface area contributed by atoms with Crippen molar-refractivity contribution >= 4 is 62.6 Å². The molecule has 3 aromatic rings. The highest BCUT2D eigenvalue weighted by atomic mass is 35.5. The number of hydrogen-bond donors (Lipinski definition) is 2. The number of aromatic nitrogens is 2. The molecule has 3 amide bonds. The van der Waals surface area contributed by atoms with Crippen LogP contribution in [0.3, 0.4) is 0 Å². The molecule has 34 heavy (non-hydrogen) atoms. The summed E-state index contributed by atoms with van der Waals surface area (Å²) in [6.45, 7) is 8.15. The van der Waals surface area contributed by atoms with Crippen molar-refractivity contribution in [2.75, 3.05) is 23.7 Å². The fraction of sp³-hybridized carbons (Fsp3) is 0.250. The number of fused-ring (bicyclic) bond motifs is 1. The molecule has 0 spiro atoms. The van der Waals surface area contributed by atoms with Crippen LogP contribution in [0.1, 0.15) is 35.7 Å². The minimum atomic E-state index is -0.365. The van der Waals surface area contributed by atoms with Gasteiger partial charge in [-0.05, 0) is 49.6 Å². The predicted octanol–water partition coefficient (Wildman–Crippen LogP) is 4.87. The van der Waals surface area contributed by atoms with Gasteiger partial charge in [-0.2, -0.15) is 0 Å². The quantitative estimate of drug-likeness (QED) is 0.475. The van der Waals surface area contributed by atoms with E-state index in [1.165, 1.54) is 23.5 Å². The summed E-state index contributed by atoms with van der Waals surface area (Å²) in [6.07, 6.45) is 5.09. The van der Waals surface area contributed by atoms with Gasteiger partial charge in [0.1, 0.15) is 0 Å². The lowest BCUT2D eigenvalue weighted by Gasteiger charge is -2.26. The number of carbonyl (C=O) groups excluding carboxylic acids is 3. The number of nitrogens with one attached hydrogen (secondary N) is 2. The molecule has 3 heterocycles. The molecule has 1 atom stereocenters. The van der Waals surface area contributed by atoms with Gasteiger partial charge in [0.05, 0.1) is 32.7 Å². The van der Waals surface area contributed by atoms with Gasteiger partial charge in [-0.1, -0.05) is 30.8 Å². The second-order valence-corrected chi connectivity index (χ2v) is 9.22. The average molecular weight is 498 g/mol. The zero-order valence-corrected chi connectivity index (χ0v) is 20.0. The molecular formula is C24H24ClN5O3S. The Morgan fingerprint density at radius 1 is 1.18 bits per heavy atom. The molecule has 0 unspecified atom stereocenters. The number of carbonyl (C=O) groups is 3. The summed E-state index contributed by atoms with van der Waals surface area (Å²) in [4.78, 5) is 43.4. The Bertz CT molecular complexity index is 1280. The third-order valence-electron chi connectivity index (χ3n) is 5.68. The van der Waals surface area contributed by atoms with Gasteiger partial charge >= 0.3 is 0 Å². The second kappa shape index (κ2) is 10.2. The monoisotopic (exact) mass is 497 g/mol. The largest absolute Gasteiger partial charge is 0.337 e. The van der Waals surface area contributed by atoms with Gasteiger partial charge in [0.15, 0.2) is 0 Å². The van der Waals surface area contributed by atoms with Gasteiger partial charge in [0.25, 0.3) is 5.91 Å². The molecule has 10 heteroatoms. The van der Waals surface area contributed by atoms with Crippen molar-refractivity contribution in [3.63, 3.8) is 0 Å². The van der Waals surface area contributed by atoms with Crippen LogP contribution >= 0.6 is 22.9 Å². The number of benzene rings is 1. The second-order valence-electron chi connectivity index (χ2n) is 7.90. The third kappa shape index (κ3) is 4.90. The minimum absolute atomic E-state index is 0.125. The van der Waals surface area contributed by atoms with E-state index in [9.17, 15) is 14.4 Å². The zero-order chi connectivity index (χ0) is 24.2. The van der Waals surface area contributed by atoms with Crippen molar-refractivity contribution in [3.8, 4) is 0 Å². The molecule has 2 aromatic heterocycles. The van der Waals surface area contributed by atoms with Crippen LogP contribution in [0.2, 0.25) is 5.02 Å². The highest BCUT2D eigenvalue weighted by molar-refractivity contribution is 7.14. The fourth-order valence-electron chi connectivity index (χ4n) is 4.08. The lowest BCUT2D eigenvalue weighted by Crippen LogP contribution is -2.34. The molecular weight excluding hydrogens is 474 g/mol. The molecule has 0 bridgehead atoms. The van der Waals surface area contributed by atoms with E-state index in [1.54, 1.807) is 22.4 Å². The molecule has 1 aliphatic rings. The molecule has 4 rings (SSSR count). The van der Waals surface area contributed by atoms with Crippen molar-refractivity contribution < 1.29 is 14.4 Å². The first-order valence-corrected chi connectivity index (χ1v) is 12.1. The summed E-state index contributed by atoms with van der Waals surface area (Å²) in [5.41, 5.74) is 1.75. The van der Waals surface area contributed by atoms with E-state index in [0.29, 0.717) is 45.7 Å². The highest BCUT2D eigenvalue weighted by Crippen LogP contribution is 2.34. The Morgan fingerprint density at radius 2 is 2.00 bits per heavy atom. The Kier molecular flexibility index (Phi) is 7.14. The maximum absolute atomic E-state index is 13.1. The normalized spacial score (nSPS) is 16.0. The lowest BCUT2D eigenvalue weighted by atomic mass is 10.1. The van der Waals surface area contributed by atoms with Gasteiger partial charge in [-0.3, -0.25) is 19.7 Å². The first kappa shape index (κ1) is 23.7. The number of halogens is 1. The molecule has 0 aliphatic carbocycles. The summed E-state index contributed by atoms with van der Waals surface area (Å²) in [7, 11) is 0. The van der Waals surface area contributed by atoms with Crippen LogP contribution in [-0.2, 0) is 9.59 Å². The smallest absolute Gasteiger partial charge is 0.258 e. The van der Waals surface area contributed by atoms with Gasteiger partial charge in [-0.15, -0.1) is 11.3 Å². The molecule has 1 aliphatic heterocycles. The summed E-state index contributed by atoms with van der Waals surface area (Å²) in [5, 5.41) is 8.26. The van der Waals surface area contributed by atoms with Gasteiger partial charge in [0, 0.05) is 18.5 Å². The van der Waals surface area contributed by atoms with E-state index >= 15 is 0 Å². The third-order valence-corrected chi connectivity index (χ3v) is 6.83. The Labute approximate surface area is 205 Å².